The standard InChI is InChI=1S/C15H19NO3/c1-4-5-6-9-16-15(17)11-12-7-8-13(18-2)14(10-12)19-3/h7-8,10H,6,9,11H2,1-3H3,(H,16,17). The molecule has 1 rings (SSSR count). The maximum atomic E-state index is 11.7. The van der Waals surface area contributed by atoms with Crippen molar-refractivity contribution in [1.82, 2.24) is 5.32 Å². The molecule has 19 heavy (non-hydrogen) atoms. The van der Waals surface area contributed by atoms with Crippen LogP contribution in [0.3, 0.4) is 0 Å². The zero-order chi connectivity index (χ0) is 14.1. The number of amides is 1. The molecule has 0 spiro atoms. The number of carbonyl (C=O) groups excluding carboxylic acids is 1. The molecule has 0 aliphatic heterocycles. The molecule has 0 saturated heterocycles. The second kappa shape index (κ2) is 8.04. The predicted octanol–water partition coefficient (Wildman–Crippen LogP) is 1.78. The van der Waals surface area contributed by atoms with Crippen LogP contribution >= 0.6 is 0 Å². The Hall–Kier alpha value is -2.15. The van der Waals surface area contributed by atoms with Crippen LogP contribution in [0.1, 0.15) is 18.9 Å². The second-order valence-corrected chi connectivity index (χ2v) is 3.89. The molecule has 0 aliphatic rings. The van der Waals surface area contributed by atoms with Crippen molar-refractivity contribution in [3.63, 3.8) is 0 Å². The van der Waals surface area contributed by atoms with Crippen LogP contribution in [0, 0.1) is 11.8 Å². The Morgan fingerprint density at radius 3 is 2.63 bits per heavy atom. The van der Waals surface area contributed by atoms with E-state index in [4.69, 9.17) is 9.47 Å². The van der Waals surface area contributed by atoms with E-state index in [0.29, 0.717) is 30.9 Å². The molecule has 0 aromatic heterocycles. The van der Waals surface area contributed by atoms with Gasteiger partial charge in [-0.05, 0) is 24.6 Å². The molecular formula is C15H19NO3. The molecule has 0 atom stereocenters. The molecule has 4 nitrogen and oxygen atoms in total. The maximum Gasteiger partial charge on any atom is 0.224 e. The molecule has 102 valence electrons. The molecule has 1 aromatic carbocycles. The molecule has 0 heterocycles. The van der Waals surface area contributed by atoms with Gasteiger partial charge in [0.25, 0.3) is 0 Å². The van der Waals surface area contributed by atoms with Crippen LogP contribution in [0.4, 0.5) is 0 Å². The lowest BCUT2D eigenvalue weighted by Gasteiger charge is -2.09. The quantitative estimate of drug-likeness (QED) is 0.627. The SMILES string of the molecule is CC#CCCNC(=O)Cc1ccc(OC)c(OC)c1. The molecule has 0 aliphatic carbocycles. The highest BCUT2D eigenvalue weighted by atomic mass is 16.5. The smallest absolute Gasteiger partial charge is 0.224 e. The average molecular weight is 261 g/mol. The Labute approximate surface area is 114 Å². The fraction of sp³-hybridized carbons (Fsp3) is 0.400. The summed E-state index contributed by atoms with van der Waals surface area (Å²) in [6, 6.07) is 5.46. The summed E-state index contributed by atoms with van der Waals surface area (Å²) in [5.41, 5.74) is 0.886. The number of ether oxygens (including phenoxy) is 2. The summed E-state index contributed by atoms with van der Waals surface area (Å²) in [6.45, 7) is 2.36. The molecule has 4 heteroatoms. The van der Waals surface area contributed by atoms with Crippen molar-refractivity contribution in [1.29, 1.82) is 0 Å². The van der Waals surface area contributed by atoms with Gasteiger partial charge in [-0.1, -0.05) is 6.07 Å². The van der Waals surface area contributed by atoms with Crippen LogP contribution < -0.4 is 14.8 Å². The number of methoxy groups -OCH3 is 2. The number of benzene rings is 1. The molecule has 0 saturated carbocycles. The minimum Gasteiger partial charge on any atom is -0.493 e. The Morgan fingerprint density at radius 2 is 2.00 bits per heavy atom. The maximum absolute atomic E-state index is 11.7. The van der Waals surface area contributed by atoms with E-state index in [2.05, 4.69) is 17.2 Å². The number of rotatable bonds is 6. The van der Waals surface area contributed by atoms with Crippen LogP contribution in [0.25, 0.3) is 0 Å². The van der Waals surface area contributed by atoms with Gasteiger partial charge in [0.05, 0.1) is 20.6 Å². The highest BCUT2D eigenvalue weighted by Gasteiger charge is 2.07. The first-order valence-electron chi connectivity index (χ1n) is 6.08. The number of hydrogen-bond donors (Lipinski definition) is 1. The third-order valence-electron chi connectivity index (χ3n) is 2.56. The minimum atomic E-state index is -0.0230. The van der Waals surface area contributed by atoms with Gasteiger partial charge in [0, 0.05) is 13.0 Å². The fourth-order valence-corrected chi connectivity index (χ4v) is 1.63. The van der Waals surface area contributed by atoms with E-state index in [1.165, 1.54) is 0 Å². The van der Waals surface area contributed by atoms with Crippen LogP contribution in [0.15, 0.2) is 18.2 Å². The summed E-state index contributed by atoms with van der Waals surface area (Å²) in [7, 11) is 3.16. The Balaban J connectivity index is 2.56. The van der Waals surface area contributed by atoms with Gasteiger partial charge >= 0.3 is 0 Å². The van der Waals surface area contributed by atoms with E-state index in [1.807, 2.05) is 12.1 Å². The summed E-state index contributed by atoms with van der Waals surface area (Å²) < 4.78 is 10.3. The zero-order valence-corrected chi connectivity index (χ0v) is 11.6. The highest BCUT2D eigenvalue weighted by Crippen LogP contribution is 2.27. The van der Waals surface area contributed by atoms with Gasteiger partial charge in [0.2, 0.25) is 5.91 Å². The Bertz CT molecular complexity index is 486. The zero-order valence-electron chi connectivity index (χ0n) is 11.6. The first kappa shape index (κ1) is 14.9. The number of carbonyl (C=O) groups is 1. The first-order chi connectivity index (χ1) is 9.21. The predicted molar refractivity (Wildman–Crippen MR) is 74.3 cm³/mol. The number of hydrogen-bond acceptors (Lipinski definition) is 3. The lowest BCUT2D eigenvalue weighted by molar-refractivity contribution is -0.120. The summed E-state index contributed by atoms with van der Waals surface area (Å²) in [5, 5.41) is 2.82. The summed E-state index contributed by atoms with van der Waals surface area (Å²) in [6.07, 6.45) is 0.994. The van der Waals surface area contributed by atoms with Crippen molar-refractivity contribution in [2.24, 2.45) is 0 Å². The normalized spacial score (nSPS) is 9.21. The van der Waals surface area contributed by atoms with Crippen LogP contribution in [-0.2, 0) is 11.2 Å². The van der Waals surface area contributed by atoms with Gasteiger partial charge in [0.15, 0.2) is 11.5 Å². The van der Waals surface area contributed by atoms with Crippen molar-refractivity contribution >= 4 is 5.91 Å². The summed E-state index contributed by atoms with van der Waals surface area (Å²) in [5.74, 6) is 6.95. The van der Waals surface area contributed by atoms with Gasteiger partial charge < -0.3 is 14.8 Å². The van der Waals surface area contributed by atoms with Crippen LogP contribution in [0.5, 0.6) is 11.5 Å². The lowest BCUT2D eigenvalue weighted by Crippen LogP contribution is -2.25. The molecular weight excluding hydrogens is 242 g/mol. The molecule has 0 radical (unpaired) electrons. The third-order valence-corrected chi connectivity index (χ3v) is 2.56. The largest absolute Gasteiger partial charge is 0.493 e. The van der Waals surface area contributed by atoms with Crippen LogP contribution in [-0.4, -0.2) is 26.7 Å². The monoisotopic (exact) mass is 261 g/mol. The van der Waals surface area contributed by atoms with Crippen molar-refractivity contribution in [2.45, 2.75) is 19.8 Å². The van der Waals surface area contributed by atoms with Crippen molar-refractivity contribution in [3.05, 3.63) is 23.8 Å². The average Bonchev–Trinajstić information content (AvgIpc) is 2.43. The van der Waals surface area contributed by atoms with Gasteiger partial charge in [-0.3, -0.25) is 4.79 Å². The van der Waals surface area contributed by atoms with Crippen LogP contribution in [0.2, 0.25) is 0 Å². The van der Waals surface area contributed by atoms with E-state index < -0.39 is 0 Å². The summed E-state index contributed by atoms with van der Waals surface area (Å²) in [4.78, 5) is 11.7. The molecule has 1 amide bonds. The minimum absolute atomic E-state index is 0.0230. The lowest BCUT2D eigenvalue weighted by atomic mass is 10.1. The van der Waals surface area contributed by atoms with Gasteiger partial charge in [-0.2, -0.15) is 0 Å². The molecule has 1 aromatic rings. The third kappa shape index (κ3) is 4.92. The van der Waals surface area contributed by atoms with E-state index in [9.17, 15) is 4.79 Å². The van der Waals surface area contributed by atoms with E-state index >= 15 is 0 Å². The first-order valence-corrected chi connectivity index (χ1v) is 6.08. The topological polar surface area (TPSA) is 47.6 Å². The van der Waals surface area contributed by atoms with E-state index in [0.717, 1.165) is 5.56 Å². The van der Waals surface area contributed by atoms with Gasteiger partial charge in [-0.25, -0.2) is 0 Å². The Kier molecular flexibility index (Phi) is 6.31. The summed E-state index contributed by atoms with van der Waals surface area (Å²) >= 11 is 0. The van der Waals surface area contributed by atoms with Crippen molar-refractivity contribution < 1.29 is 14.3 Å². The highest BCUT2D eigenvalue weighted by molar-refractivity contribution is 5.78. The van der Waals surface area contributed by atoms with Gasteiger partial charge in [-0.15, -0.1) is 11.8 Å². The van der Waals surface area contributed by atoms with Gasteiger partial charge in [0.1, 0.15) is 0 Å². The molecule has 0 unspecified atom stereocenters. The molecule has 1 N–H and O–H groups in total. The second-order valence-electron chi connectivity index (χ2n) is 3.89. The number of nitrogens with one attached hydrogen (secondary N) is 1. The van der Waals surface area contributed by atoms with E-state index in [1.54, 1.807) is 27.2 Å². The van der Waals surface area contributed by atoms with Crippen molar-refractivity contribution in [2.75, 3.05) is 20.8 Å². The molecule has 0 bridgehead atoms. The van der Waals surface area contributed by atoms with E-state index in [-0.39, 0.29) is 5.91 Å². The van der Waals surface area contributed by atoms with Crippen molar-refractivity contribution in [3.8, 4) is 23.3 Å². The molecule has 0 fully saturated rings. The fourth-order valence-electron chi connectivity index (χ4n) is 1.63. The Morgan fingerprint density at radius 1 is 1.26 bits per heavy atom.